The quantitative estimate of drug-likeness (QED) is 0.187. The predicted molar refractivity (Wildman–Crippen MR) is 169 cm³/mol. The van der Waals surface area contributed by atoms with Gasteiger partial charge in [0, 0.05) is 36.0 Å². The maximum Gasteiger partial charge on any atom is 0.269 e. The van der Waals surface area contributed by atoms with Gasteiger partial charge < -0.3 is 9.88 Å². The molecule has 2 aromatic carbocycles. The summed E-state index contributed by atoms with van der Waals surface area (Å²) in [5.41, 5.74) is 4.01. The number of halogens is 2. The Bertz CT molecular complexity index is 1720. The van der Waals surface area contributed by atoms with Crippen LogP contribution in [0.4, 0.5) is 0 Å². The molecule has 1 amide bonds. The molecule has 0 aliphatic carbocycles. The highest BCUT2D eigenvalue weighted by Crippen LogP contribution is 2.37. The minimum Gasteiger partial charge on any atom is -0.341 e. The number of fused-ring (bicyclic) bond motifs is 1. The third-order valence-electron chi connectivity index (χ3n) is 8.36. The summed E-state index contributed by atoms with van der Waals surface area (Å²) in [6, 6.07) is 16.0. The van der Waals surface area contributed by atoms with Crippen molar-refractivity contribution in [2.75, 3.05) is 26.2 Å². The number of aromatic nitrogens is 3. The first-order chi connectivity index (χ1) is 20.8. The van der Waals surface area contributed by atoms with E-state index in [1.165, 1.54) is 6.07 Å². The van der Waals surface area contributed by atoms with E-state index >= 15 is 0 Å². The van der Waals surface area contributed by atoms with Crippen LogP contribution in [-0.2, 0) is 10.0 Å². The van der Waals surface area contributed by atoms with E-state index in [9.17, 15) is 13.2 Å². The number of carbonyl (C=O) groups excluding carboxylic acids is 1. The van der Waals surface area contributed by atoms with Crippen LogP contribution in [-0.4, -0.2) is 64.7 Å². The van der Waals surface area contributed by atoms with Crippen LogP contribution in [0.5, 0.6) is 0 Å². The van der Waals surface area contributed by atoms with Crippen LogP contribution in [0.25, 0.3) is 22.5 Å². The minimum atomic E-state index is -3.72. The molecular weight excluding hydrogens is 605 g/mol. The smallest absolute Gasteiger partial charge is 0.269 e. The highest BCUT2D eigenvalue weighted by molar-refractivity contribution is 7.90. The normalized spacial score (nSPS) is 17.0. The standard InChI is InChI=1S/C32H33Cl2N5O3S/c33-26-10-9-24(21-27(26)34)30-29(22-11-15-35-16-12-22)36-31(37-30)23-13-19-38(20-14-23)17-5-1-2-6-18-39-32(40)25-7-3-4-8-28(25)43(39,41)42/h3-4,7-12,15-16,21,23H,1-2,5-6,13-14,17-20H2,(H,36,37). The maximum absolute atomic E-state index is 12.7. The average Bonchev–Trinajstić information content (AvgIpc) is 3.55. The molecule has 4 heterocycles. The van der Waals surface area contributed by atoms with E-state index in [2.05, 4.69) is 14.9 Å². The van der Waals surface area contributed by atoms with Gasteiger partial charge in [0.25, 0.3) is 15.9 Å². The second kappa shape index (κ2) is 12.8. The number of carbonyl (C=O) groups is 1. The van der Waals surface area contributed by atoms with E-state index in [1.807, 2.05) is 24.3 Å². The van der Waals surface area contributed by atoms with E-state index < -0.39 is 15.9 Å². The number of benzene rings is 2. The van der Waals surface area contributed by atoms with Crippen molar-refractivity contribution in [3.8, 4) is 22.5 Å². The molecule has 43 heavy (non-hydrogen) atoms. The summed E-state index contributed by atoms with van der Waals surface area (Å²) in [5.74, 6) is 0.908. The van der Waals surface area contributed by atoms with Crippen LogP contribution in [0.15, 0.2) is 71.9 Å². The van der Waals surface area contributed by atoms with Gasteiger partial charge in [0.15, 0.2) is 0 Å². The van der Waals surface area contributed by atoms with Crippen molar-refractivity contribution in [1.29, 1.82) is 0 Å². The monoisotopic (exact) mass is 637 g/mol. The Morgan fingerprint density at radius 3 is 2.30 bits per heavy atom. The number of sulfonamides is 1. The molecule has 0 saturated carbocycles. The van der Waals surface area contributed by atoms with Crippen LogP contribution < -0.4 is 0 Å². The first-order valence-corrected chi connectivity index (χ1v) is 16.9. The van der Waals surface area contributed by atoms with Crippen molar-refractivity contribution < 1.29 is 13.2 Å². The second-order valence-corrected chi connectivity index (χ2v) is 13.8. The third-order valence-corrected chi connectivity index (χ3v) is 10.9. The number of hydrogen-bond acceptors (Lipinski definition) is 6. The number of piperidine rings is 1. The van der Waals surface area contributed by atoms with Gasteiger partial charge in [-0.25, -0.2) is 17.7 Å². The number of rotatable bonds is 10. The zero-order chi connectivity index (χ0) is 30.0. The number of aromatic amines is 1. The molecule has 6 rings (SSSR count). The molecule has 1 fully saturated rings. The number of H-pyrrole nitrogens is 1. The first kappa shape index (κ1) is 29.8. The summed E-state index contributed by atoms with van der Waals surface area (Å²) in [7, 11) is -3.72. The van der Waals surface area contributed by atoms with Gasteiger partial charge in [0.05, 0.1) is 27.0 Å². The van der Waals surface area contributed by atoms with Crippen LogP contribution in [0.3, 0.4) is 0 Å². The van der Waals surface area contributed by atoms with Gasteiger partial charge in [-0.1, -0.05) is 54.2 Å². The largest absolute Gasteiger partial charge is 0.341 e. The van der Waals surface area contributed by atoms with Gasteiger partial charge in [0.1, 0.15) is 10.7 Å². The molecule has 4 aromatic rings. The lowest BCUT2D eigenvalue weighted by Crippen LogP contribution is -2.34. The number of pyridine rings is 1. The molecule has 1 saturated heterocycles. The molecule has 0 atom stereocenters. The van der Waals surface area contributed by atoms with Crippen LogP contribution in [0, 0.1) is 0 Å². The summed E-state index contributed by atoms with van der Waals surface area (Å²) in [4.78, 5) is 28.0. The number of imidazole rings is 1. The number of hydrogen-bond donors (Lipinski definition) is 1. The van der Waals surface area contributed by atoms with Crippen LogP contribution >= 0.6 is 23.2 Å². The molecule has 0 radical (unpaired) electrons. The minimum absolute atomic E-state index is 0.122. The Balaban J connectivity index is 0.996. The van der Waals surface area contributed by atoms with Gasteiger partial charge in [-0.15, -0.1) is 0 Å². The first-order valence-electron chi connectivity index (χ1n) is 14.7. The lowest BCUT2D eigenvalue weighted by Gasteiger charge is -2.31. The molecule has 0 bridgehead atoms. The van der Waals surface area contributed by atoms with Crippen molar-refractivity contribution >= 4 is 39.1 Å². The molecule has 2 aromatic heterocycles. The molecule has 8 nitrogen and oxygen atoms in total. The van der Waals surface area contributed by atoms with Crippen LogP contribution in [0.2, 0.25) is 10.0 Å². The Kier molecular flexibility index (Phi) is 8.86. The topological polar surface area (TPSA) is 99.3 Å². The number of likely N-dealkylation sites (tertiary alicyclic amines) is 1. The number of nitrogens with zero attached hydrogens (tertiary/aromatic N) is 4. The Hall–Kier alpha value is -3.24. The van der Waals surface area contributed by atoms with Gasteiger partial charge in [0.2, 0.25) is 0 Å². The fourth-order valence-corrected chi connectivity index (χ4v) is 7.90. The molecule has 1 N–H and O–H groups in total. The summed E-state index contributed by atoms with van der Waals surface area (Å²) in [6.07, 6.45) is 9.17. The van der Waals surface area contributed by atoms with E-state index in [4.69, 9.17) is 28.2 Å². The Morgan fingerprint density at radius 2 is 1.58 bits per heavy atom. The van der Waals surface area contributed by atoms with Gasteiger partial charge >= 0.3 is 0 Å². The predicted octanol–water partition coefficient (Wildman–Crippen LogP) is 7.03. The molecule has 11 heteroatoms. The maximum atomic E-state index is 12.7. The fraction of sp³-hybridized carbons (Fsp3) is 0.344. The van der Waals surface area contributed by atoms with E-state index in [0.29, 0.717) is 22.4 Å². The Labute approximate surface area is 262 Å². The highest BCUT2D eigenvalue weighted by Gasteiger charge is 2.40. The molecule has 0 unspecified atom stereocenters. The zero-order valence-electron chi connectivity index (χ0n) is 23.7. The van der Waals surface area contributed by atoms with Crippen molar-refractivity contribution in [2.45, 2.75) is 49.3 Å². The SMILES string of the molecule is O=C1c2ccccc2S(=O)(=O)N1CCCCCCN1CCC(c2nc(-c3ccc(Cl)c(Cl)c3)c(-c3ccncc3)[nH]2)CC1. The van der Waals surface area contributed by atoms with Gasteiger partial charge in [-0.3, -0.25) is 9.78 Å². The lowest BCUT2D eigenvalue weighted by atomic mass is 9.96. The number of amides is 1. The summed E-state index contributed by atoms with van der Waals surface area (Å²) < 4.78 is 26.5. The second-order valence-electron chi connectivity index (χ2n) is 11.1. The van der Waals surface area contributed by atoms with E-state index in [0.717, 1.165) is 84.4 Å². The zero-order valence-corrected chi connectivity index (χ0v) is 26.0. The van der Waals surface area contributed by atoms with E-state index in [1.54, 1.807) is 36.7 Å². The highest BCUT2D eigenvalue weighted by atomic mass is 35.5. The number of unbranched alkanes of at least 4 members (excludes halogenated alkanes) is 3. The van der Waals surface area contributed by atoms with Crippen molar-refractivity contribution in [3.05, 3.63) is 88.4 Å². The Morgan fingerprint density at radius 1 is 0.860 bits per heavy atom. The molecule has 224 valence electrons. The van der Waals surface area contributed by atoms with Crippen molar-refractivity contribution in [3.63, 3.8) is 0 Å². The third kappa shape index (κ3) is 6.22. The summed E-state index contributed by atoms with van der Waals surface area (Å²) in [5, 5.41) is 1.01. The van der Waals surface area contributed by atoms with E-state index in [-0.39, 0.29) is 17.0 Å². The van der Waals surface area contributed by atoms with Crippen molar-refractivity contribution in [1.82, 2.24) is 24.2 Å². The fourth-order valence-electron chi connectivity index (χ4n) is 5.99. The van der Waals surface area contributed by atoms with Gasteiger partial charge in [-0.05, 0) is 81.7 Å². The molecular formula is C32H33Cl2N5O3S. The lowest BCUT2D eigenvalue weighted by molar-refractivity contribution is 0.0869. The average molecular weight is 639 g/mol. The summed E-state index contributed by atoms with van der Waals surface area (Å²) in [6.45, 7) is 3.23. The number of nitrogens with one attached hydrogen (secondary N) is 1. The molecule has 2 aliphatic rings. The molecule has 2 aliphatic heterocycles. The van der Waals surface area contributed by atoms with Gasteiger partial charge in [-0.2, -0.15) is 0 Å². The summed E-state index contributed by atoms with van der Waals surface area (Å²) >= 11 is 12.5. The van der Waals surface area contributed by atoms with Crippen molar-refractivity contribution in [2.24, 2.45) is 0 Å². The van der Waals surface area contributed by atoms with Crippen LogP contribution in [0.1, 0.15) is 60.6 Å². The molecule has 0 spiro atoms.